The molecule has 2 nitrogen and oxygen atoms in total. The van der Waals surface area contributed by atoms with Gasteiger partial charge in [-0.3, -0.25) is 0 Å². The Kier molecular flexibility index (Phi) is 5.07. The number of aliphatic hydroxyl groups is 1. The minimum atomic E-state index is 0.0451. The third kappa shape index (κ3) is 4.98. The summed E-state index contributed by atoms with van der Waals surface area (Å²) in [6.45, 7) is 6.75. The van der Waals surface area contributed by atoms with Crippen molar-refractivity contribution in [2.24, 2.45) is 11.3 Å². The van der Waals surface area contributed by atoms with E-state index in [1.807, 2.05) is 0 Å². The second kappa shape index (κ2) is 5.86. The Labute approximate surface area is 94.7 Å². The van der Waals surface area contributed by atoms with Gasteiger partial charge in [-0.25, -0.2) is 0 Å². The maximum absolute atomic E-state index is 9.22. The largest absolute Gasteiger partial charge is 0.396 e. The molecule has 0 aromatic heterocycles. The molecule has 0 radical (unpaired) electrons. The molecule has 1 saturated carbocycles. The van der Waals surface area contributed by atoms with Crippen LogP contribution in [0.1, 0.15) is 46.0 Å². The summed E-state index contributed by atoms with van der Waals surface area (Å²) in [6.07, 6.45) is 7.08. The molecular weight excluding hydrogens is 186 g/mol. The van der Waals surface area contributed by atoms with Crippen LogP contribution in [0.4, 0.5) is 0 Å². The van der Waals surface area contributed by atoms with Gasteiger partial charge >= 0.3 is 0 Å². The van der Waals surface area contributed by atoms with Crippen LogP contribution in [0, 0.1) is 11.3 Å². The number of hydrogen-bond acceptors (Lipinski definition) is 2. The van der Waals surface area contributed by atoms with E-state index < -0.39 is 0 Å². The van der Waals surface area contributed by atoms with Crippen molar-refractivity contribution < 1.29 is 5.11 Å². The molecule has 0 bridgehead atoms. The third-order valence-electron chi connectivity index (χ3n) is 3.42. The summed E-state index contributed by atoms with van der Waals surface area (Å²) >= 11 is 0. The van der Waals surface area contributed by atoms with E-state index in [-0.39, 0.29) is 12.0 Å². The first kappa shape index (κ1) is 13.0. The molecule has 0 atom stereocenters. The highest BCUT2D eigenvalue weighted by Crippen LogP contribution is 2.25. The highest BCUT2D eigenvalue weighted by molar-refractivity contribution is 4.74. The molecular formula is C13H27NO. The summed E-state index contributed by atoms with van der Waals surface area (Å²) in [7, 11) is 2.19. The van der Waals surface area contributed by atoms with E-state index in [4.69, 9.17) is 0 Å². The van der Waals surface area contributed by atoms with Gasteiger partial charge in [0.25, 0.3) is 0 Å². The van der Waals surface area contributed by atoms with Gasteiger partial charge in [0.15, 0.2) is 0 Å². The van der Waals surface area contributed by atoms with Crippen LogP contribution in [0.5, 0.6) is 0 Å². The fourth-order valence-corrected chi connectivity index (χ4v) is 2.66. The number of hydrogen-bond donors (Lipinski definition) is 1. The lowest BCUT2D eigenvalue weighted by Crippen LogP contribution is -2.37. The van der Waals surface area contributed by atoms with Crippen LogP contribution in [0.25, 0.3) is 0 Å². The third-order valence-corrected chi connectivity index (χ3v) is 3.42. The molecule has 1 aliphatic carbocycles. The average Bonchev–Trinajstić information content (AvgIpc) is 2.18. The lowest BCUT2D eigenvalue weighted by Gasteiger charge is -2.32. The predicted octanol–water partition coefficient (Wildman–Crippen LogP) is 2.52. The molecule has 1 rings (SSSR count). The van der Waals surface area contributed by atoms with Crippen LogP contribution in [-0.4, -0.2) is 36.8 Å². The molecule has 0 aromatic carbocycles. The van der Waals surface area contributed by atoms with Crippen molar-refractivity contribution in [3.63, 3.8) is 0 Å². The molecule has 1 fully saturated rings. The smallest absolute Gasteiger partial charge is 0.0494 e. The van der Waals surface area contributed by atoms with E-state index in [2.05, 4.69) is 25.8 Å². The molecule has 0 heterocycles. The average molecular weight is 213 g/mol. The monoisotopic (exact) mass is 213 g/mol. The Balaban J connectivity index is 2.25. The standard InChI is InChI=1S/C13H27NO/c1-13(2,11-15)10-14(3)9-12-7-5-4-6-8-12/h12,15H,4-11H2,1-3H3. The molecule has 0 amide bonds. The molecule has 0 aromatic rings. The topological polar surface area (TPSA) is 23.5 Å². The Hall–Kier alpha value is -0.0800. The predicted molar refractivity (Wildman–Crippen MR) is 64.9 cm³/mol. The zero-order chi connectivity index (χ0) is 11.3. The van der Waals surface area contributed by atoms with E-state index in [0.29, 0.717) is 0 Å². The molecule has 15 heavy (non-hydrogen) atoms. The van der Waals surface area contributed by atoms with Gasteiger partial charge in [-0.2, -0.15) is 0 Å². The zero-order valence-corrected chi connectivity index (χ0v) is 10.6. The first-order valence-corrected chi connectivity index (χ1v) is 6.33. The van der Waals surface area contributed by atoms with Crippen molar-refractivity contribution in [1.82, 2.24) is 4.90 Å². The maximum Gasteiger partial charge on any atom is 0.0494 e. The fraction of sp³-hybridized carbons (Fsp3) is 1.00. The van der Waals surface area contributed by atoms with Crippen LogP contribution in [-0.2, 0) is 0 Å². The van der Waals surface area contributed by atoms with Crippen LogP contribution in [0.3, 0.4) is 0 Å². The molecule has 0 unspecified atom stereocenters. The van der Waals surface area contributed by atoms with E-state index in [1.54, 1.807) is 0 Å². The van der Waals surface area contributed by atoms with Crippen molar-refractivity contribution in [2.45, 2.75) is 46.0 Å². The summed E-state index contributed by atoms with van der Waals surface area (Å²) in [4.78, 5) is 2.40. The van der Waals surface area contributed by atoms with Gasteiger partial charge in [-0.1, -0.05) is 33.1 Å². The summed E-state index contributed by atoms with van der Waals surface area (Å²) in [5.74, 6) is 0.901. The van der Waals surface area contributed by atoms with Gasteiger partial charge in [-0.15, -0.1) is 0 Å². The van der Waals surface area contributed by atoms with E-state index in [9.17, 15) is 5.11 Å². The molecule has 0 saturated heterocycles. The maximum atomic E-state index is 9.22. The summed E-state index contributed by atoms with van der Waals surface area (Å²) in [5, 5.41) is 9.22. The zero-order valence-electron chi connectivity index (χ0n) is 10.6. The van der Waals surface area contributed by atoms with Gasteiger partial charge in [-0.05, 0) is 25.8 Å². The summed E-state index contributed by atoms with van der Waals surface area (Å²) in [5.41, 5.74) is 0.0451. The Morgan fingerprint density at radius 2 is 1.80 bits per heavy atom. The lowest BCUT2D eigenvalue weighted by molar-refractivity contribution is 0.103. The quantitative estimate of drug-likeness (QED) is 0.758. The Morgan fingerprint density at radius 3 is 2.33 bits per heavy atom. The van der Waals surface area contributed by atoms with Crippen molar-refractivity contribution in [2.75, 3.05) is 26.7 Å². The van der Waals surface area contributed by atoms with Crippen molar-refractivity contribution in [3.8, 4) is 0 Å². The van der Waals surface area contributed by atoms with Gasteiger partial charge in [0.05, 0.1) is 0 Å². The molecule has 2 heteroatoms. The van der Waals surface area contributed by atoms with E-state index in [1.165, 1.54) is 38.6 Å². The first-order valence-electron chi connectivity index (χ1n) is 6.33. The SMILES string of the molecule is CN(CC1CCCCC1)CC(C)(C)CO. The number of nitrogens with zero attached hydrogens (tertiary/aromatic N) is 1. The molecule has 1 N–H and O–H groups in total. The van der Waals surface area contributed by atoms with Crippen LogP contribution in [0.2, 0.25) is 0 Å². The Bertz CT molecular complexity index is 173. The summed E-state index contributed by atoms with van der Waals surface area (Å²) < 4.78 is 0. The normalized spacial score (nSPS) is 19.8. The molecule has 0 spiro atoms. The lowest BCUT2D eigenvalue weighted by atomic mass is 9.88. The minimum Gasteiger partial charge on any atom is -0.396 e. The highest BCUT2D eigenvalue weighted by Gasteiger charge is 2.21. The second-order valence-electron chi connectivity index (χ2n) is 6.02. The van der Waals surface area contributed by atoms with Crippen molar-refractivity contribution in [1.29, 1.82) is 0 Å². The minimum absolute atomic E-state index is 0.0451. The van der Waals surface area contributed by atoms with Gasteiger partial charge in [0, 0.05) is 25.1 Å². The van der Waals surface area contributed by atoms with Gasteiger partial charge in [0.2, 0.25) is 0 Å². The summed E-state index contributed by atoms with van der Waals surface area (Å²) in [6, 6.07) is 0. The first-order chi connectivity index (χ1) is 7.03. The van der Waals surface area contributed by atoms with E-state index >= 15 is 0 Å². The number of aliphatic hydroxyl groups excluding tert-OH is 1. The van der Waals surface area contributed by atoms with E-state index in [0.717, 1.165) is 12.5 Å². The van der Waals surface area contributed by atoms with Gasteiger partial charge in [0.1, 0.15) is 0 Å². The number of rotatable bonds is 5. The molecule has 90 valence electrons. The van der Waals surface area contributed by atoms with Gasteiger partial charge < -0.3 is 10.0 Å². The molecule has 0 aliphatic heterocycles. The molecule has 1 aliphatic rings. The van der Waals surface area contributed by atoms with Crippen molar-refractivity contribution in [3.05, 3.63) is 0 Å². The Morgan fingerprint density at radius 1 is 1.20 bits per heavy atom. The fourth-order valence-electron chi connectivity index (χ4n) is 2.66. The van der Waals surface area contributed by atoms with Crippen LogP contribution < -0.4 is 0 Å². The van der Waals surface area contributed by atoms with Crippen LogP contribution in [0.15, 0.2) is 0 Å². The van der Waals surface area contributed by atoms with Crippen molar-refractivity contribution >= 4 is 0 Å². The highest BCUT2D eigenvalue weighted by atomic mass is 16.3. The van der Waals surface area contributed by atoms with Crippen LogP contribution >= 0.6 is 0 Å². The second-order valence-corrected chi connectivity index (χ2v) is 6.02.